The summed E-state index contributed by atoms with van der Waals surface area (Å²) in [7, 11) is -3.65. The van der Waals surface area contributed by atoms with Crippen LogP contribution in [0.2, 0.25) is 0 Å². The van der Waals surface area contributed by atoms with Crippen LogP contribution in [0.25, 0.3) is 0 Å². The molecule has 158 valence electrons. The molecule has 2 aromatic carbocycles. The minimum Gasteiger partial charge on any atom is -0.350 e. The molecule has 2 aromatic rings. The summed E-state index contributed by atoms with van der Waals surface area (Å²) in [6.07, 6.45) is 0. The minimum absolute atomic E-state index is 0.0460. The Morgan fingerprint density at radius 2 is 1.66 bits per heavy atom. The van der Waals surface area contributed by atoms with Crippen LogP contribution >= 0.6 is 0 Å². The number of benzene rings is 2. The Morgan fingerprint density at radius 3 is 2.24 bits per heavy atom. The van der Waals surface area contributed by atoms with Crippen molar-refractivity contribution in [3.05, 3.63) is 65.7 Å². The zero-order valence-corrected chi connectivity index (χ0v) is 18.4. The molecule has 0 heterocycles. The molecular weight excluding hydrogens is 386 g/mol. The number of amides is 1. The predicted octanol–water partition coefficient (Wildman–Crippen LogP) is 3.19. The van der Waals surface area contributed by atoms with Gasteiger partial charge < -0.3 is 5.32 Å². The molecule has 0 saturated carbocycles. The highest BCUT2D eigenvalue weighted by Crippen LogP contribution is 2.20. The maximum absolute atomic E-state index is 12.7. The quantitative estimate of drug-likeness (QED) is 0.622. The summed E-state index contributed by atoms with van der Waals surface area (Å²) < 4.78 is 27.3. The molecule has 2 N–H and O–H groups in total. The zero-order chi connectivity index (χ0) is 21.4. The van der Waals surface area contributed by atoms with Gasteiger partial charge in [0, 0.05) is 18.2 Å². The fourth-order valence-corrected chi connectivity index (χ4v) is 4.57. The van der Waals surface area contributed by atoms with Crippen molar-refractivity contribution in [3.63, 3.8) is 0 Å². The molecule has 6 nitrogen and oxygen atoms in total. The first-order valence-corrected chi connectivity index (χ1v) is 11.5. The van der Waals surface area contributed by atoms with Gasteiger partial charge in [-0.2, -0.15) is 0 Å². The van der Waals surface area contributed by atoms with Gasteiger partial charge in [-0.25, -0.2) is 13.1 Å². The Balaban J connectivity index is 2.17. The lowest BCUT2D eigenvalue weighted by Gasteiger charge is -2.30. The van der Waals surface area contributed by atoms with Gasteiger partial charge in [0.05, 0.1) is 10.9 Å². The largest absolute Gasteiger partial charge is 0.350 e. The highest BCUT2D eigenvalue weighted by atomic mass is 32.2. The fourth-order valence-electron chi connectivity index (χ4n) is 3.27. The molecule has 0 aliphatic heterocycles. The van der Waals surface area contributed by atoms with E-state index < -0.39 is 10.0 Å². The lowest BCUT2D eigenvalue weighted by Crippen LogP contribution is -2.38. The zero-order valence-electron chi connectivity index (χ0n) is 17.6. The van der Waals surface area contributed by atoms with Crippen LogP contribution in [-0.4, -0.2) is 44.9 Å². The maximum Gasteiger partial charge on any atom is 0.251 e. The average Bonchev–Trinajstić information content (AvgIpc) is 2.70. The number of sulfonamides is 1. The standard InChI is InChI=1S/C22H31N3O3S/c1-5-25(6-2)21(18-11-8-7-9-12-18)16-23-22(26)19-13-10-14-20(15-19)29(27,28)24-17(3)4/h7-15,17,21,24H,5-6,16H2,1-4H3,(H,23,26). The maximum atomic E-state index is 12.7. The molecule has 0 saturated heterocycles. The van der Waals surface area contributed by atoms with E-state index in [1.54, 1.807) is 26.0 Å². The summed E-state index contributed by atoms with van der Waals surface area (Å²) in [5, 5.41) is 2.97. The molecule has 0 aromatic heterocycles. The Bertz CT molecular complexity index is 895. The first-order valence-electron chi connectivity index (χ1n) is 9.98. The molecule has 0 radical (unpaired) electrons. The molecule has 0 bridgehead atoms. The van der Waals surface area contributed by atoms with Crippen molar-refractivity contribution in [1.29, 1.82) is 0 Å². The molecule has 0 aliphatic carbocycles. The molecule has 1 atom stereocenters. The van der Waals surface area contributed by atoms with E-state index in [0.717, 1.165) is 18.7 Å². The minimum atomic E-state index is -3.65. The predicted molar refractivity (Wildman–Crippen MR) is 116 cm³/mol. The van der Waals surface area contributed by atoms with Crippen molar-refractivity contribution < 1.29 is 13.2 Å². The summed E-state index contributed by atoms with van der Waals surface area (Å²) in [5.41, 5.74) is 1.46. The van der Waals surface area contributed by atoms with Crippen molar-refractivity contribution in [2.45, 2.75) is 44.7 Å². The molecule has 2 rings (SSSR count). The molecule has 1 amide bonds. The van der Waals surface area contributed by atoms with Crippen LogP contribution in [0, 0.1) is 0 Å². The first-order chi connectivity index (χ1) is 13.8. The van der Waals surface area contributed by atoms with E-state index in [1.807, 2.05) is 18.2 Å². The Morgan fingerprint density at radius 1 is 1.00 bits per heavy atom. The summed E-state index contributed by atoms with van der Waals surface area (Å²) in [5.74, 6) is -0.292. The molecule has 29 heavy (non-hydrogen) atoms. The van der Waals surface area contributed by atoms with Crippen molar-refractivity contribution in [2.24, 2.45) is 0 Å². The van der Waals surface area contributed by atoms with Gasteiger partial charge in [0.1, 0.15) is 0 Å². The van der Waals surface area contributed by atoms with Crippen molar-refractivity contribution in [3.8, 4) is 0 Å². The highest BCUT2D eigenvalue weighted by molar-refractivity contribution is 7.89. The summed E-state index contributed by atoms with van der Waals surface area (Å²) in [6, 6.07) is 16.0. The Kier molecular flexibility index (Phi) is 8.37. The van der Waals surface area contributed by atoms with Crippen LogP contribution in [0.1, 0.15) is 49.7 Å². The van der Waals surface area contributed by atoms with E-state index in [1.165, 1.54) is 12.1 Å². The molecule has 7 heteroatoms. The van der Waals surface area contributed by atoms with Gasteiger partial charge in [0.25, 0.3) is 5.91 Å². The number of carbonyl (C=O) groups is 1. The highest BCUT2D eigenvalue weighted by Gasteiger charge is 2.20. The first kappa shape index (κ1) is 23.1. The monoisotopic (exact) mass is 417 g/mol. The van der Waals surface area contributed by atoms with Gasteiger partial charge >= 0.3 is 0 Å². The van der Waals surface area contributed by atoms with Crippen LogP contribution in [0.15, 0.2) is 59.5 Å². The van der Waals surface area contributed by atoms with E-state index in [0.29, 0.717) is 12.1 Å². The normalized spacial score (nSPS) is 12.9. The molecule has 0 spiro atoms. The van der Waals surface area contributed by atoms with Crippen LogP contribution in [0.4, 0.5) is 0 Å². The number of likely N-dealkylation sites (N-methyl/N-ethyl adjacent to an activating group) is 1. The van der Waals surface area contributed by atoms with Gasteiger partial charge in [-0.15, -0.1) is 0 Å². The van der Waals surface area contributed by atoms with E-state index in [2.05, 4.69) is 40.9 Å². The second-order valence-electron chi connectivity index (χ2n) is 7.16. The second kappa shape index (κ2) is 10.5. The number of rotatable bonds is 10. The summed E-state index contributed by atoms with van der Waals surface area (Å²) >= 11 is 0. The van der Waals surface area contributed by atoms with E-state index >= 15 is 0 Å². The van der Waals surface area contributed by atoms with Crippen LogP contribution in [0.3, 0.4) is 0 Å². The smallest absolute Gasteiger partial charge is 0.251 e. The Labute approximate surface area is 174 Å². The molecule has 0 fully saturated rings. The van der Waals surface area contributed by atoms with Crippen LogP contribution in [0.5, 0.6) is 0 Å². The van der Waals surface area contributed by atoms with Gasteiger partial charge in [0.2, 0.25) is 10.0 Å². The third-order valence-corrected chi connectivity index (χ3v) is 6.35. The van der Waals surface area contributed by atoms with E-state index in [4.69, 9.17) is 0 Å². The number of hydrogen-bond acceptors (Lipinski definition) is 4. The van der Waals surface area contributed by atoms with Crippen LogP contribution in [-0.2, 0) is 10.0 Å². The summed E-state index contributed by atoms with van der Waals surface area (Å²) in [6.45, 7) is 9.86. The third-order valence-electron chi connectivity index (χ3n) is 4.69. The molecular formula is C22H31N3O3S. The van der Waals surface area contributed by atoms with Crippen molar-refractivity contribution in [1.82, 2.24) is 14.9 Å². The summed E-state index contributed by atoms with van der Waals surface area (Å²) in [4.78, 5) is 15.1. The molecule has 0 aliphatic rings. The van der Waals surface area contributed by atoms with E-state index in [-0.39, 0.29) is 22.9 Å². The lowest BCUT2D eigenvalue weighted by atomic mass is 10.0. The second-order valence-corrected chi connectivity index (χ2v) is 8.88. The SMILES string of the molecule is CCN(CC)C(CNC(=O)c1cccc(S(=O)(=O)NC(C)C)c1)c1ccccc1. The fraction of sp³-hybridized carbons (Fsp3) is 0.409. The van der Waals surface area contributed by atoms with E-state index in [9.17, 15) is 13.2 Å². The topological polar surface area (TPSA) is 78.5 Å². The van der Waals surface area contributed by atoms with Gasteiger partial charge in [-0.1, -0.05) is 50.2 Å². The number of hydrogen-bond donors (Lipinski definition) is 2. The lowest BCUT2D eigenvalue weighted by molar-refractivity contribution is 0.0934. The van der Waals surface area contributed by atoms with Crippen molar-refractivity contribution >= 4 is 15.9 Å². The number of carbonyl (C=O) groups excluding carboxylic acids is 1. The number of nitrogens with one attached hydrogen (secondary N) is 2. The van der Waals surface area contributed by atoms with Gasteiger partial charge in [-0.3, -0.25) is 9.69 Å². The molecule has 1 unspecified atom stereocenters. The van der Waals surface area contributed by atoms with Gasteiger partial charge in [-0.05, 0) is 50.7 Å². The van der Waals surface area contributed by atoms with Crippen LogP contribution < -0.4 is 10.0 Å². The third kappa shape index (κ3) is 6.39. The number of nitrogens with zero attached hydrogens (tertiary/aromatic N) is 1. The van der Waals surface area contributed by atoms with Gasteiger partial charge in [0.15, 0.2) is 0 Å². The Hall–Kier alpha value is -2.22. The average molecular weight is 418 g/mol. The van der Waals surface area contributed by atoms with Crippen molar-refractivity contribution in [2.75, 3.05) is 19.6 Å².